The number of imidazole rings is 1. The van der Waals surface area contributed by atoms with Crippen molar-refractivity contribution >= 4 is 22.8 Å². The van der Waals surface area contributed by atoms with Gasteiger partial charge in [0, 0.05) is 23.6 Å². The monoisotopic (exact) mass is 303 g/mol. The molecule has 0 bridgehead atoms. The van der Waals surface area contributed by atoms with E-state index in [-0.39, 0.29) is 5.82 Å². The molecule has 2 heterocycles. The summed E-state index contributed by atoms with van der Waals surface area (Å²) in [6, 6.07) is 8.88. The number of fused-ring (bicyclic) bond motifs is 1. The van der Waals surface area contributed by atoms with Crippen molar-refractivity contribution in [2.75, 3.05) is 5.88 Å². The molecule has 0 saturated carbocycles. The Morgan fingerprint density at radius 1 is 1.14 bits per heavy atom. The predicted molar refractivity (Wildman–Crippen MR) is 82.7 cm³/mol. The van der Waals surface area contributed by atoms with Crippen molar-refractivity contribution in [3.05, 3.63) is 53.2 Å². The largest absolute Gasteiger partial charge is 0.280 e. The van der Waals surface area contributed by atoms with Crippen LogP contribution in [0.25, 0.3) is 16.9 Å². The smallest absolute Gasteiger partial charge is 0.164 e. The summed E-state index contributed by atoms with van der Waals surface area (Å²) in [6.07, 6.45) is 0.604. The average molecular weight is 304 g/mol. The summed E-state index contributed by atoms with van der Waals surface area (Å²) in [4.78, 5) is 9.14. The number of benzene rings is 1. The van der Waals surface area contributed by atoms with Crippen LogP contribution >= 0.6 is 11.6 Å². The Bertz CT molecular complexity index is 811. The molecule has 2 aromatic heterocycles. The van der Waals surface area contributed by atoms with E-state index in [1.807, 2.05) is 29.7 Å². The molecular formula is C16H15ClFN3. The molecule has 0 unspecified atom stereocenters. The molecule has 0 aliphatic carbocycles. The quantitative estimate of drug-likeness (QED) is 0.686. The van der Waals surface area contributed by atoms with Gasteiger partial charge in [0.15, 0.2) is 5.65 Å². The molecule has 0 N–H and O–H groups in total. The second-order valence-corrected chi connectivity index (χ2v) is 5.36. The van der Waals surface area contributed by atoms with Crippen molar-refractivity contribution in [1.29, 1.82) is 0 Å². The molecule has 0 aliphatic rings. The van der Waals surface area contributed by atoms with E-state index in [4.69, 9.17) is 11.6 Å². The van der Waals surface area contributed by atoms with E-state index in [9.17, 15) is 4.39 Å². The van der Waals surface area contributed by atoms with E-state index in [1.54, 1.807) is 13.0 Å². The Kier molecular flexibility index (Phi) is 3.64. The van der Waals surface area contributed by atoms with Gasteiger partial charge in [0.2, 0.25) is 0 Å². The van der Waals surface area contributed by atoms with Crippen molar-refractivity contribution in [1.82, 2.24) is 14.5 Å². The van der Waals surface area contributed by atoms with Crippen LogP contribution in [0.2, 0.25) is 0 Å². The zero-order chi connectivity index (χ0) is 15.0. The lowest BCUT2D eigenvalue weighted by Gasteiger charge is -2.11. The number of pyridine rings is 1. The molecule has 0 radical (unpaired) electrons. The van der Waals surface area contributed by atoms with E-state index in [1.165, 1.54) is 6.07 Å². The lowest BCUT2D eigenvalue weighted by Crippen LogP contribution is -2.06. The summed E-state index contributed by atoms with van der Waals surface area (Å²) in [6.45, 7) is 3.69. The molecule has 108 valence electrons. The molecule has 0 atom stereocenters. The van der Waals surface area contributed by atoms with Crippen LogP contribution in [0.3, 0.4) is 0 Å². The van der Waals surface area contributed by atoms with Gasteiger partial charge in [-0.3, -0.25) is 4.57 Å². The number of nitrogens with zero attached hydrogens (tertiary/aromatic N) is 3. The Labute approximate surface area is 127 Å². The molecule has 21 heavy (non-hydrogen) atoms. The van der Waals surface area contributed by atoms with Gasteiger partial charge in [-0.2, -0.15) is 0 Å². The van der Waals surface area contributed by atoms with Gasteiger partial charge in [-0.25, -0.2) is 14.4 Å². The third-order valence-electron chi connectivity index (χ3n) is 3.51. The minimum atomic E-state index is -0.237. The maximum atomic E-state index is 13.9. The van der Waals surface area contributed by atoms with Crippen molar-refractivity contribution < 1.29 is 4.39 Å². The van der Waals surface area contributed by atoms with Crippen LogP contribution < -0.4 is 0 Å². The van der Waals surface area contributed by atoms with Crippen LogP contribution in [-0.2, 0) is 6.42 Å². The first-order valence-corrected chi connectivity index (χ1v) is 7.31. The van der Waals surface area contributed by atoms with E-state index < -0.39 is 0 Å². The number of rotatable bonds is 3. The summed E-state index contributed by atoms with van der Waals surface area (Å²) in [5.41, 5.74) is 3.77. The second kappa shape index (κ2) is 5.45. The molecule has 1 aromatic carbocycles. The summed E-state index contributed by atoms with van der Waals surface area (Å²) in [5, 5.41) is 0. The topological polar surface area (TPSA) is 30.7 Å². The zero-order valence-electron chi connectivity index (χ0n) is 11.9. The van der Waals surface area contributed by atoms with Crippen LogP contribution in [0, 0.1) is 19.7 Å². The average Bonchev–Trinajstić information content (AvgIpc) is 2.80. The molecule has 3 nitrogen and oxygen atoms in total. The van der Waals surface area contributed by atoms with Crippen LogP contribution in [-0.4, -0.2) is 20.4 Å². The minimum absolute atomic E-state index is 0.237. The standard InChI is InChI=1S/C16H15ClFN3/c1-10-6-7-13-16(19-10)21(15(20-13)8-9-17)14-5-3-4-12(18)11(14)2/h3-7H,8-9H2,1-2H3. The Morgan fingerprint density at radius 3 is 2.71 bits per heavy atom. The highest BCUT2D eigenvalue weighted by molar-refractivity contribution is 6.17. The SMILES string of the molecule is Cc1ccc2nc(CCCl)n(-c3cccc(F)c3C)c2n1. The summed E-state index contributed by atoms with van der Waals surface area (Å²) in [5.74, 6) is 1.02. The van der Waals surface area contributed by atoms with E-state index in [2.05, 4.69) is 9.97 Å². The summed E-state index contributed by atoms with van der Waals surface area (Å²) < 4.78 is 15.8. The third-order valence-corrected chi connectivity index (χ3v) is 3.70. The molecule has 0 fully saturated rings. The molecule has 0 saturated heterocycles. The van der Waals surface area contributed by atoms with E-state index >= 15 is 0 Å². The van der Waals surface area contributed by atoms with Crippen LogP contribution in [0.5, 0.6) is 0 Å². The normalized spacial score (nSPS) is 11.2. The first kappa shape index (κ1) is 14.0. The highest BCUT2D eigenvalue weighted by Gasteiger charge is 2.16. The lowest BCUT2D eigenvalue weighted by atomic mass is 10.2. The number of hydrogen-bond donors (Lipinski definition) is 0. The second-order valence-electron chi connectivity index (χ2n) is 4.98. The van der Waals surface area contributed by atoms with Crippen molar-refractivity contribution in [3.63, 3.8) is 0 Å². The Morgan fingerprint density at radius 2 is 1.95 bits per heavy atom. The number of hydrogen-bond acceptors (Lipinski definition) is 2. The predicted octanol–water partition coefficient (Wildman–Crippen LogP) is 3.96. The fourth-order valence-electron chi connectivity index (χ4n) is 2.44. The molecule has 3 aromatic rings. The van der Waals surface area contributed by atoms with Crippen molar-refractivity contribution in [2.45, 2.75) is 20.3 Å². The van der Waals surface area contributed by atoms with Gasteiger partial charge < -0.3 is 0 Å². The number of aryl methyl sites for hydroxylation is 2. The van der Waals surface area contributed by atoms with Gasteiger partial charge >= 0.3 is 0 Å². The fraction of sp³-hybridized carbons (Fsp3) is 0.250. The van der Waals surface area contributed by atoms with Gasteiger partial charge in [-0.05, 0) is 38.1 Å². The minimum Gasteiger partial charge on any atom is -0.280 e. The summed E-state index contributed by atoms with van der Waals surface area (Å²) in [7, 11) is 0. The number of halogens is 2. The molecule has 0 amide bonds. The van der Waals surface area contributed by atoms with Crippen LogP contribution in [0.4, 0.5) is 4.39 Å². The van der Waals surface area contributed by atoms with Crippen molar-refractivity contribution in [2.24, 2.45) is 0 Å². The molecule has 5 heteroatoms. The van der Waals surface area contributed by atoms with Gasteiger partial charge in [-0.15, -0.1) is 11.6 Å². The first-order valence-electron chi connectivity index (χ1n) is 6.78. The highest BCUT2D eigenvalue weighted by Crippen LogP contribution is 2.24. The maximum absolute atomic E-state index is 13.9. The van der Waals surface area contributed by atoms with Gasteiger partial charge in [0.25, 0.3) is 0 Å². The molecular weight excluding hydrogens is 289 g/mol. The van der Waals surface area contributed by atoms with E-state index in [0.717, 1.165) is 28.4 Å². The van der Waals surface area contributed by atoms with Gasteiger partial charge in [0.05, 0.1) is 5.69 Å². The lowest BCUT2D eigenvalue weighted by molar-refractivity contribution is 0.616. The third kappa shape index (κ3) is 2.40. The fourth-order valence-corrected chi connectivity index (χ4v) is 2.61. The maximum Gasteiger partial charge on any atom is 0.164 e. The molecule has 0 spiro atoms. The zero-order valence-corrected chi connectivity index (χ0v) is 12.7. The summed E-state index contributed by atoms with van der Waals surface area (Å²) >= 11 is 5.88. The highest BCUT2D eigenvalue weighted by atomic mass is 35.5. The number of aromatic nitrogens is 3. The Balaban J connectivity index is 2.35. The number of alkyl halides is 1. The van der Waals surface area contributed by atoms with Gasteiger partial charge in [-0.1, -0.05) is 6.07 Å². The van der Waals surface area contributed by atoms with Crippen molar-refractivity contribution in [3.8, 4) is 5.69 Å². The molecule has 0 aliphatic heterocycles. The Hall–Kier alpha value is -1.94. The first-order chi connectivity index (χ1) is 10.1. The van der Waals surface area contributed by atoms with Crippen LogP contribution in [0.15, 0.2) is 30.3 Å². The van der Waals surface area contributed by atoms with E-state index in [0.29, 0.717) is 17.9 Å². The molecule has 3 rings (SSSR count). The van der Waals surface area contributed by atoms with Crippen LogP contribution in [0.1, 0.15) is 17.1 Å². The van der Waals surface area contributed by atoms with Gasteiger partial charge in [0.1, 0.15) is 17.2 Å².